The molecule has 1 saturated heterocycles. The number of carbonyl (C=O) groups is 2. The molecule has 4 N–H and O–H groups in total. The van der Waals surface area contributed by atoms with Gasteiger partial charge in [0, 0.05) is 11.2 Å². The van der Waals surface area contributed by atoms with Crippen LogP contribution in [0, 0.1) is 11.2 Å². The highest BCUT2D eigenvalue weighted by molar-refractivity contribution is 5.91. The van der Waals surface area contributed by atoms with E-state index in [0.29, 0.717) is 18.8 Å². The minimum Gasteiger partial charge on any atom is -0.346 e. The van der Waals surface area contributed by atoms with Gasteiger partial charge in [0.2, 0.25) is 0 Å². The standard InChI is InChI=1S/C22H35FN4O2/c1-21(2,3)16-22(4,5)25-20(29)15-27-11-9-26(10-12-27)14-19(28)24-18-8-6-7-17(23)13-18/h6-8,13H,9-12,14-16H2,1-5H3,(H,24,28)(H,25,29)/p+2. The second kappa shape index (κ2) is 9.67. The van der Waals surface area contributed by atoms with E-state index in [-0.39, 0.29) is 28.6 Å². The molecule has 0 spiro atoms. The number of rotatable bonds is 7. The van der Waals surface area contributed by atoms with Crippen molar-refractivity contribution in [2.75, 3.05) is 44.6 Å². The average Bonchev–Trinajstić information content (AvgIpc) is 2.53. The molecule has 29 heavy (non-hydrogen) atoms. The Balaban J connectivity index is 1.72. The number of hydrogen-bond donors (Lipinski definition) is 4. The van der Waals surface area contributed by atoms with Crippen LogP contribution in [0.1, 0.15) is 41.0 Å². The smallest absolute Gasteiger partial charge is 0.279 e. The molecule has 1 fully saturated rings. The molecule has 0 saturated carbocycles. The van der Waals surface area contributed by atoms with Gasteiger partial charge in [0.05, 0.1) is 0 Å². The number of halogens is 1. The largest absolute Gasteiger partial charge is 0.346 e. The molecule has 0 atom stereocenters. The normalized spacial score (nSPS) is 20.2. The van der Waals surface area contributed by atoms with Crippen molar-refractivity contribution in [2.45, 2.75) is 46.6 Å². The van der Waals surface area contributed by atoms with Crippen LogP contribution >= 0.6 is 0 Å². The summed E-state index contributed by atoms with van der Waals surface area (Å²) in [4.78, 5) is 27.1. The van der Waals surface area contributed by atoms with Crippen molar-refractivity contribution < 1.29 is 23.8 Å². The molecule has 1 aromatic carbocycles. The van der Waals surface area contributed by atoms with Gasteiger partial charge in [0.1, 0.15) is 32.0 Å². The topological polar surface area (TPSA) is 67.1 Å². The molecule has 0 aliphatic carbocycles. The molecule has 0 radical (unpaired) electrons. The van der Waals surface area contributed by atoms with E-state index < -0.39 is 0 Å². The first-order valence-electron chi connectivity index (χ1n) is 10.5. The van der Waals surface area contributed by atoms with Crippen LogP contribution in [-0.2, 0) is 9.59 Å². The number of anilines is 1. The molecule has 7 heteroatoms. The Morgan fingerprint density at radius 2 is 1.52 bits per heavy atom. The molecule has 1 aromatic rings. The summed E-state index contributed by atoms with van der Waals surface area (Å²) in [6.45, 7) is 14.9. The molecule has 1 aliphatic rings. The van der Waals surface area contributed by atoms with Gasteiger partial charge in [-0.3, -0.25) is 9.59 Å². The van der Waals surface area contributed by atoms with Gasteiger partial charge in [0.25, 0.3) is 11.8 Å². The highest BCUT2D eigenvalue weighted by Gasteiger charge is 2.30. The van der Waals surface area contributed by atoms with E-state index in [1.165, 1.54) is 21.9 Å². The molecular weight excluding hydrogens is 371 g/mol. The number of hydrogen-bond acceptors (Lipinski definition) is 2. The van der Waals surface area contributed by atoms with Crippen LogP contribution in [0.25, 0.3) is 0 Å². The van der Waals surface area contributed by atoms with Crippen molar-refractivity contribution in [1.29, 1.82) is 0 Å². The zero-order valence-electron chi connectivity index (χ0n) is 18.5. The van der Waals surface area contributed by atoms with Gasteiger partial charge < -0.3 is 20.4 Å². The molecule has 2 rings (SSSR count). The van der Waals surface area contributed by atoms with Crippen molar-refractivity contribution in [3.8, 4) is 0 Å². The maximum Gasteiger partial charge on any atom is 0.279 e. The van der Waals surface area contributed by atoms with E-state index in [2.05, 4.69) is 45.3 Å². The number of benzene rings is 1. The summed E-state index contributed by atoms with van der Waals surface area (Å²) in [5.41, 5.74) is 0.412. The molecule has 2 amide bonds. The molecule has 0 aromatic heterocycles. The zero-order chi connectivity index (χ0) is 21.7. The first-order chi connectivity index (χ1) is 13.4. The summed E-state index contributed by atoms with van der Waals surface area (Å²) >= 11 is 0. The Kier molecular flexibility index (Phi) is 7.77. The maximum absolute atomic E-state index is 13.2. The first kappa shape index (κ1) is 23.3. The van der Waals surface area contributed by atoms with E-state index in [9.17, 15) is 14.0 Å². The fraction of sp³-hybridized carbons (Fsp3) is 0.636. The van der Waals surface area contributed by atoms with Crippen molar-refractivity contribution in [1.82, 2.24) is 5.32 Å². The lowest BCUT2D eigenvalue weighted by Gasteiger charge is -2.34. The van der Waals surface area contributed by atoms with Crippen molar-refractivity contribution in [3.63, 3.8) is 0 Å². The number of quaternary nitrogens is 2. The molecule has 6 nitrogen and oxygen atoms in total. The van der Waals surface area contributed by atoms with Gasteiger partial charge in [-0.2, -0.15) is 0 Å². The molecule has 0 bridgehead atoms. The Labute approximate surface area is 173 Å². The van der Waals surface area contributed by atoms with Gasteiger partial charge in [-0.05, 0) is 43.9 Å². The lowest BCUT2D eigenvalue weighted by molar-refractivity contribution is -1.00. The summed E-state index contributed by atoms with van der Waals surface area (Å²) in [6, 6.07) is 5.92. The minimum atomic E-state index is -0.365. The van der Waals surface area contributed by atoms with E-state index in [1.54, 1.807) is 12.1 Å². The van der Waals surface area contributed by atoms with Gasteiger partial charge in [0.15, 0.2) is 13.1 Å². The van der Waals surface area contributed by atoms with Crippen LogP contribution in [0.5, 0.6) is 0 Å². The van der Waals surface area contributed by atoms with Gasteiger partial charge in [-0.1, -0.05) is 26.8 Å². The minimum absolute atomic E-state index is 0.0848. The summed E-state index contributed by atoms with van der Waals surface area (Å²) in [5, 5.41) is 5.92. The fourth-order valence-corrected chi connectivity index (χ4v) is 4.33. The van der Waals surface area contributed by atoms with Crippen LogP contribution in [0.2, 0.25) is 0 Å². The van der Waals surface area contributed by atoms with Crippen LogP contribution in [-0.4, -0.2) is 56.6 Å². The number of amides is 2. The van der Waals surface area contributed by atoms with Crippen LogP contribution in [0.4, 0.5) is 10.1 Å². The quantitative estimate of drug-likeness (QED) is 0.508. The third-order valence-electron chi connectivity index (χ3n) is 5.04. The van der Waals surface area contributed by atoms with Crippen molar-refractivity contribution in [3.05, 3.63) is 30.1 Å². The van der Waals surface area contributed by atoms with E-state index in [0.717, 1.165) is 32.6 Å². The zero-order valence-corrected chi connectivity index (χ0v) is 18.5. The Morgan fingerprint density at radius 3 is 2.03 bits per heavy atom. The predicted octanol–water partition coefficient (Wildman–Crippen LogP) is -0.121. The summed E-state index contributed by atoms with van der Waals surface area (Å²) in [6.07, 6.45) is 0.916. The lowest BCUT2D eigenvalue weighted by atomic mass is 9.82. The van der Waals surface area contributed by atoms with E-state index >= 15 is 0 Å². The molecular formula is C22H37FN4O2+2. The summed E-state index contributed by atoms with van der Waals surface area (Å²) < 4.78 is 13.2. The van der Waals surface area contributed by atoms with E-state index in [4.69, 9.17) is 0 Å². The number of carbonyl (C=O) groups excluding carboxylic acids is 2. The number of nitrogens with one attached hydrogen (secondary N) is 4. The SMILES string of the molecule is CC(C)(C)CC(C)(C)NC(=O)C[NH+]1CC[NH+](CC(=O)Nc2cccc(F)c2)CC1. The monoisotopic (exact) mass is 408 g/mol. The lowest BCUT2D eigenvalue weighted by Crippen LogP contribution is -3.28. The highest BCUT2D eigenvalue weighted by atomic mass is 19.1. The second-order valence-electron chi connectivity index (χ2n) is 10.1. The highest BCUT2D eigenvalue weighted by Crippen LogP contribution is 2.26. The predicted molar refractivity (Wildman–Crippen MR) is 112 cm³/mol. The first-order valence-corrected chi connectivity index (χ1v) is 10.5. The van der Waals surface area contributed by atoms with Crippen LogP contribution in [0.15, 0.2) is 24.3 Å². The van der Waals surface area contributed by atoms with Crippen LogP contribution < -0.4 is 20.4 Å². The molecule has 1 aliphatic heterocycles. The Bertz CT molecular complexity index is 707. The third kappa shape index (κ3) is 8.92. The second-order valence-corrected chi connectivity index (χ2v) is 10.1. The third-order valence-corrected chi connectivity index (χ3v) is 5.04. The summed E-state index contributed by atoms with van der Waals surface area (Å²) in [5.74, 6) is -0.395. The van der Waals surface area contributed by atoms with Gasteiger partial charge >= 0.3 is 0 Å². The molecule has 0 unspecified atom stereocenters. The summed E-state index contributed by atoms with van der Waals surface area (Å²) in [7, 11) is 0. The van der Waals surface area contributed by atoms with E-state index in [1.807, 2.05) is 0 Å². The average molecular weight is 409 g/mol. The molecule has 1 heterocycles. The number of piperazine rings is 1. The Morgan fingerprint density at radius 1 is 0.966 bits per heavy atom. The molecule has 162 valence electrons. The van der Waals surface area contributed by atoms with Crippen molar-refractivity contribution >= 4 is 17.5 Å². The fourth-order valence-electron chi connectivity index (χ4n) is 4.33. The Hall–Kier alpha value is -1.99. The van der Waals surface area contributed by atoms with Crippen molar-refractivity contribution in [2.24, 2.45) is 5.41 Å². The van der Waals surface area contributed by atoms with Crippen LogP contribution in [0.3, 0.4) is 0 Å². The van der Waals surface area contributed by atoms with Gasteiger partial charge in [-0.15, -0.1) is 0 Å². The maximum atomic E-state index is 13.2. The van der Waals surface area contributed by atoms with Gasteiger partial charge in [-0.25, -0.2) is 4.39 Å².